The van der Waals surface area contributed by atoms with Gasteiger partial charge in [-0.2, -0.15) is 0 Å². The summed E-state index contributed by atoms with van der Waals surface area (Å²) in [7, 11) is 2.02. The van der Waals surface area contributed by atoms with Gasteiger partial charge in [-0.05, 0) is 53.8 Å². The number of nitrogens with zero attached hydrogens (tertiary/aromatic N) is 1. The monoisotopic (exact) mass is 319 g/mol. The van der Waals surface area contributed by atoms with Gasteiger partial charge in [-0.15, -0.1) is 11.3 Å². The molecule has 1 unspecified atom stereocenters. The molecule has 0 aliphatic heterocycles. The Morgan fingerprint density at radius 2 is 2.35 bits per heavy atom. The van der Waals surface area contributed by atoms with E-state index in [2.05, 4.69) is 32.3 Å². The molecule has 0 aliphatic rings. The zero-order valence-corrected chi connectivity index (χ0v) is 12.8. The second kappa shape index (κ2) is 7.13. The quantitative estimate of drug-likeness (QED) is 0.753. The Kier molecular flexibility index (Phi) is 6.16. The van der Waals surface area contributed by atoms with Crippen molar-refractivity contribution in [3.63, 3.8) is 0 Å². The first kappa shape index (κ1) is 14.7. The Balaban J connectivity index is 2.41. The average molecular weight is 320 g/mol. The van der Waals surface area contributed by atoms with E-state index in [-0.39, 0.29) is 12.0 Å². The van der Waals surface area contributed by atoms with Crippen molar-refractivity contribution in [2.75, 3.05) is 13.7 Å². The second-order valence-electron chi connectivity index (χ2n) is 4.03. The van der Waals surface area contributed by atoms with E-state index in [0.717, 1.165) is 10.3 Å². The lowest BCUT2D eigenvalue weighted by molar-refractivity contribution is -0.144. The van der Waals surface area contributed by atoms with Gasteiger partial charge in [0.1, 0.15) is 0 Å². The van der Waals surface area contributed by atoms with Gasteiger partial charge in [0.15, 0.2) is 0 Å². The molecule has 1 aromatic rings. The van der Waals surface area contributed by atoms with Crippen LogP contribution in [0.2, 0.25) is 0 Å². The molecule has 17 heavy (non-hydrogen) atoms. The summed E-state index contributed by atoms with van der Waals surface area (Å²) < 4.78 is 6.08. The highest BCUT2D eigenvalue weighted by molar-refractivity contribution is 9.11. The summed E-state index contributed by atoms with van der Waals surface area (Å²) in [4.78, 5) is 13.5. The Morgan fingerprint density at radius 1 is 1.65 bits per heavy atom. The minimum atomic E-state index is -0.127. The van der Waals surface area contributed by atoms with E-state index in [9.17, 15) is 4.79 Å². The summed E-state index contributed by atoms with van der Waals surface area (Å²) in [5, 5.41) is 2.12. The van der Waals surface area contributed by atoms with Crippen LogP contribution >= 0.6 is 27.3 Å². The van der Waals surface area contributed by atoms with Crippen molar-refractivity contribution in [3.8, 4) is 0 Å². The van der Waals surface area contributed by atoms with Gasteiger partial charge in [-0.3, -0.25) is 9.69 Å². The van der Waals surface area contributed by atoms with Gasteiger partial charge < -0.3 is 4.74 Å². The predicted molar refractivity (Wildman–Crippen MR) is 74.2 cm³/mol. The summed E-state index contributed by atoms with van der Waals surface area (Å²) in [5.74, 6) is -0.127. The lowest BCUT2D eigenvalue weighted by atomic mass is 10.2. The molecule has 0 saturated carbocycles. The first-order valence-electron chi connectivity index (χ1n) is 5.61. The molecule has 0 spiro atoms. The van der Waals surface area contributed by atoms with E-state index >= 15 is 0 Å². The van der Waals surface area contributed by atoms with E-state index in [4.69, 9.17) is 4.74 Å². The maximum absolute atomic E-state index is 11.4. The molecular formula is C12H18BrNO2S. The highest BCUT2D eigenvalue weighted by Crippen LogP contribution is 2.22. The number of hydrogen-bond donors (Lipinski definition) is 0. The molecule has 96 valence electrons. The molecule has 0 saturated heterocycles. The normalized spacial score (nSPS) is 12.8. The van der Waals surface area contributed by atoms with Gasteiger partial charge in [0.2, 0.25) is 0 Å². The maximum atomic E-state index is 11.4. The highest BCUT2D eigenvalue weighted by atomic mass is 79.9. The lowest BCUT2D eigenvalue weighted by Crippen LogP contribution is -2.31. The topological polar surface area (TPSA) is 29.5 Å². The summed E-state index contributed by atoms with van der Waals surface area (Å²) in [6, 6.07) is 2.30. The van der Waals surface area contributed by atoms with E-state index in [1.165, 1.54) is 5.56 Å². The van der Waals surface area contributed by atoms with Crippen LogP contribution in [0.4, 0.5) is 0 Å². The van der Waals surface area contributed by atoms with Crippen molar-refractivity contribution in [1.82, 2.24) is 4.90 Å². The first-order valence-corrected chi connectivity index (χ1v) is 7.29. The lowest BCUT2D eigenvalue weighted by Gasteiger charge is -2.23. The molecule has 0 amide bonds. The fourth-order valence-corrected chi connectivity index (χ4v) is 2.69. The zero-order chi connectivity index (χ0) is 12.8. The zero-order valence-electron chi connectivity index (χ0n) is 10.4. The van der Waals surface area contributed by atoms with Gasteiger partial charge in [0.25, 0.3) is 0 Å². The molecule has 5 heteroatoms. The minimum absolute atomic E-state index is 0.127. The van der Waals surface area contributed by atoms with E-state index in [0.29, 0.717) is 13.0 Å². The SMILES string of the molecule is CCOC(=O)CC(C)N(C)Cc1csc(Br)c1. The number of halogens is 1. The van der Waals surface area contributed by atoms with E-state index < -0.39 is 0 Å². The number of esters is 1. The van der Waals surface area contributed by atoms with Crippen LogP contribution in [-0.4, -0.2) is 30.6 Å². The summed E-state index contributed by atoms with van der Waals surface area (Å²) >= 11 is 5.12. The molecule has 0 bridgehead atoms. The number of thiophene rings is 1. The Bertz CT molecular complexity index is 367. The van der Waals surface area contributed by atoms with Crippen molar-refractivity contribution in [2.24, 2.45) is 0 Å². The second-order valence-corrected chi connectivity index (χ2v) is 6.32. The smallest absolute Gasteiger partial charge is 0.307 e. The van der Waals surface area contributed by atoms with Crippen LogP contribution in [0.25, 0.3) is 0 Å². The Labute approximate surface area is 115 Å². The van der Waals surface area contributed by atoms with Crippen LogP contribution in [0.3, 0.4) is 0 Å². The third-order valence-corrected chi connectivity index (χ3v) is 4.13. The first-order chi connectivity index (χ1) is 8.02. The third kappa shape index (κ3) is 5.19. The minimum Gasteiger partial charge on any atom is -0.466 e. The summed E-state index contributed by atoms with van der Waals surface area (Å²) in [6.07, 6.45) is 0.440. The molecule has 1 heterocycles. The van der Waals surface area contributed by atoms with Crippen LogP contribution in [0, 0.1) is 0 Å². The number of carbonyl (C=O) groups excluding carboxylic acids is 1. The fraction of sp³-hybridized carbons (Fsp3) is 0.583. The van der Waals surface area contributed by atoms with Gasteiger partial charge in [-0.1, -0.05) is 0 Å². The molecule has 3 nitrogen and oxygen atoms in total. The molecule has 0 radical (unpaired) electrons. The number of hydrogen-bond acceptors (Lipinski definition) is 4. The summed E-state index contributed by atoms with van der Waals surface area (Å²) in [6.45, 7) is 5.17. The van der Waals surface area contributed by atoms with Gasteiger partial charge in [0, 0.05) is 12.6 Å². The molecule has 1 rings (SSSR count). The van der Waals surface area contributed by atoms with Gasteiger partial charge in [0.05, 0.1) is 16.8 Å². The van der Waals surface area contributed by atoms with Crippen molar-refractivity contribution in [1.29, 1.82) is 0 Å². The molecule has 1 aromatic heterocycles. The number of rotatable bonds is 6. The van der Waals surface area contributed by atoms with E-state index in [1.807, 2.05) is 20.9 Å². The van der Waals surface area contributed by atoms with Crippen LogP contribution in [0.5, 0.6) is 0 Å². The van der Waals surface area contributed by atoms with Crippen LogP contribution < -0.4 is 0 Å². The maximum Gasteiger partial charge on any atom is 0.307 e. The number of carbonyl (C=O) groups is 1. The molecule has 0 N–H and O–H groups in total. The van der Waals surface area contributed by atoms with Crippen LogP contribution in [0.1, 0.15) is 25.8 Å². The fourth-order valence-electron chi connectivity index (χ4n) is 1.49. The van der Waals surface area contributed by atoms with Gasteiger partial charge >= 0.3 is 5.97 Å². The Morgan fingerprint density at radius 3 is 2.88 bits per heavy atom. The third-order valence-electron chi connectivity index (χ3n) is 2.57. The van der Waals surface area contributed by atoms with Crippen molar-refractivity contribution in [3.05, 3.63) is 20.8 Å². The summed E-state index contributed by atoms with van der Waals surface area (Å²) in [5.41, 5.74) is 1.26. The average Bonchev–Trinajstić information content (AvgIpc) is 2.64. The predicted octanol–water partition coefficient (Wildman–Crippen LogP) is 3.28. The standard InChI is InChI=1S/C12H18BrNO2S/c1-4-16-12(15)5-9(2)14(3)7-10-6-11(13)17-8-10/h6,8-9H,4-5,7H2,1-3H3. The molecule has 1 atom stereocenters. The molecule has 0 aliphatic carbocycles. The molecule has 0 aromatic carbocycles. The van der Waals surface area contributed by atoms with Crippen molar-refractivity contribution in [2.45, 2.75) is 32.9 Å². The molecular weight excluding hydrogens is 302 g/mol. The highest BCUT2D eigenvalue weighted by Gasteiger charge is 2.15. The largest absolute Gasteiger partial charge is 0.466 e. The van der Waals surface area contributed by atoms with Crippen molar-refractivity contribution < 1.29 is 9.53 Å². The van der Waals surface area contributed by atoms with Crippen LogP contribution in [-0.2, 0) is 16.1 Å². The number of ether oxygens (including phenoxy) is 1. The Hall–Kier alpha value is -0.390. The van der Waals surface area contributed by atoms with E-state index in [1.54, 1.807) is 11.3 Å². The van der Waals surface area contributed by atoms with Crippen LogP contribution in [0.15, 0.2) is 15.2 Å². The van der Waals surface area contributed by atoms with Crippen molar-refractivity contribution >= 4 is 33.2 Å². The van der Waals surface area contributed by atoms with Gasteiger partial charge in [-0.25, -0.2) is 0 Å². The molecule has 0 fully saturated rings.